The normalized spacial score (nSPS) is 10.5. The van der Waals surface area contributed by atoms with Gasteiger partial charge in [0.15, 0.2) is 0 Å². The molecule has 120 valence electrons. The Hall–Kier alpha value is -1.44. The number of hydrogen-bond acceptors (Lipinski definition) is 0. The van der Waals surface area contributed by atoms with Gasteiger partial charge in [-0.25, -0.2) is 0 Å². The Labute approximate surface area is 150 Å². The van der Waals surface area contributed by atoms with Crippen molar-refractivity contribution >= 4 is 57.4 Å². The molecular weight excluding hydrogens is 320 g/mol. The van der Waals surface area contributed by atoms with E-state index in [1.165, 1.54) is 51.6 Å². The lowest BCUT2D eigenvalue weighted by Gasteiger charge is -2.09. The predicted molar refractivity (Wildman–Crippen MR) is 111 cm³/mol. The van der Waals surface area contributed by atoms with Gasteiger partial charge in [0.05, 0.1) is 0 Å². The van der Waals surface area contributed by atoms with Gasteiger partial charge in [0.1, 0.15) is 0 Å². The van der Waals surface area contributed by atoms with Crippen molar-refractivity contribution in [2.75, 3.05) is 5.88 Å². The number of alkyl halides is 1. The van der Waals surface area contributed by atoms with Gasteiger partial charge in [0.2, 0.25) is 0 Å². The number of hydrogen-bond donors (Lipinski definition) is 0. The molecule has 0 atom stereocenters. The van der Waals surface area contributed by atoms with Crippen molar-refractivity contribution in [3.63, 3.8) is 0 Å². The Kier molecular flexibility index (Phi) is 6.56. The van der Waals surface area contributed by atoms with Crippen LogP contribution in [-0.4, -0.2) is 5.88 Å². The Balaban J connectivity index is 0.000000241. The van der Waals surface area contributed by atoms with Crippen LogP contribution >= 0.6 is 25.1 Å². The van der Waals surface area contributed by atoms with Crippen molar-refractivity contribution in [1.82, 2.24) is 0 Å². The van der Waals surface area contributed by atoms with Crippen LogP contribution in [0.25, 0.3) is 32.3 Å². The molecule has 0 bridgehead atoms. The van der Waals surface area contributed by atoms with Gasteiger partial charge < -0.3 is 0 Å². The van der Waals surface area contributed by atoms with Crippen molar-refractivity contribution in [1.29, 1.82) is 0 Å². The third kappa shape index (κ3) is 3.73. The van der Waals surface area contributed by atoms with E-state index < -0.39 is 0 Å². The van der Waals surface area contributed by atoms with E-state index in [0.29, 0.717) is 0 Å². The van der Waals surface area contributed by atoms with Gasteiger partial charge >= 0.3 is 0 Å². The molecule has 0 aliphatic rings. The lowest BCUT2D eigenvalue weighted by atomic mass is 9.95. The maximum absolute atomic E-state index is 5.38. The minimum absolute atomic E-state index is 0. The van der Waals surface area contributed by atoms with Crippen LogP contribution in [0.5, 0.6) is 0 Å². The fourth-order valence-corrected chi connectivity index (χ4v) is 3.20. The molecule has 0 spiro atoms. The first-order valence-corrected chi connectivity index (χ1v) is 8.57. The van der Waals surface area contributed by atoms with Crippen molar-refractivity contribution < 1.29 is 0 Å². The van der Waals surface area contributed by atoms with Crippen LogP contribution in [0.4, 0.5) is 0 Å². The zero-order valence-electron chi connectivity index (χ0n) is 13.5. The van der Waals surface area contributed by atoms with E-state index >= 15 is 0 Å². The molecule has 0 amide bonds. The minimum atomic E-state index is 0. The van der Waals surface area contributed by atoms with Crippen LogP contribution < -0.4 is 0 Å². The van der Waals surface area contributed by atoms with E-state index in [4.69, 9.17) is 11.6 Å². The summed E-state index contributed by atoms with van der Waals surface area (Å²) in [4.78, 5) is 0. The molecule has 0 aromatic heterocycles. The highest BCUT2D eigenvalue weighted by Gasteiger charge is 2.05. The lowest BCUT2D eigenvalue weighted by Crippen LogP contribution is -1.82. The Morgan fingerprint density at radius 2 is 1.04 bits per heavy atom. The first-order chi connectivity index (χ1) is 10.8. The first kappa shape index (κ1) is 17.9. The number of halogens is 1. The van der Waals surface area contributed by atoms with Crippen molar-refractivity contribution in [2.24, 2.45) is 0 Å². The third-order valence-electron chi connectivity index (χ3n) is 4.13. The second kappa shape index (κ2) is 8.42. The summed E-state index contributed by atoms with van der Waals surface area (Å²) >= 11 is 5.38. The molecule has 4 rings (SSSR count). The molecule has 4 aromatic rings. The number of rotatable bonds is 3. The van der Waals surface area contributed by atoms with Crippen LogP contribution in [0.3, 0.4) is 0 Å². The van der Waals surface area contributed by atoms with Gasteiger partial charge in [-0.05, 0) is 38.7 Å². The summed E-state index contributed by atoms with van der Waals surface area (Å²) in [5.41, 5.74) is 0. The van der Waals surface area contributed by atoms with E-state index in [1.807, 2.05) is 0 Å². The minimum Gasteiger partial charge on any atom is -0.197 e. The van der Waals surface area contributed by atoms with E-state index in [2.05, 4.69) is 67.6 Å². The molecule has 0 radical (unpaired) electrons. The fraction of sp³-hybridized carbons (Fsp3) is 0.238. The molecule has 2 heteroatoms. The van der Waals surface area contributed by atoms with Crippen LogP contribution in [-0.2, 0) is 0 Å². The van der Waals surface area contributed by atoms with Crippen molar-refractivity contribution in [2.45, 2.75) is 26.2 Å². The Morgan fingerprint density at radius 1 is 0.652 bits per heavy atom. The number of unbranched alkanes of at least 4 members (excludes halogenated alkanes) is 2. The largest absolute Gasteiger partial charge is 0.197 e. The topological polar surface area (TPSA) is 0 Å². The summed E-state index contributed by atoms with van der Waals surface area (Å²) < 4.78 is 0. The van der Waals surface area contributed by atoms with Gasteiger partial charge in [0, 0.05) is 5.88 Å². The van der Waals surface area contributed by atoms with Gasteiger partial charge in [-0.3, -0.25) is 0 Å². The van der Waals surface area contributed by atoms with Gasteiger partial charge in [-0.2, -0.15) is 13.5 Å². The quantitative estimate of drug-likeness (QED) is 0.211. The third-order valence-corrected chi connectivity index (χ3v) is 4.40. The molecule has 0 heterocycles. The average Bonchev–Trinajstić information content (AvgIpc) is 2.59. The molecule has 0 nitrogen and oxygen atoms in total. The first-order valence-electron chi connectivity index (χ1n) is 8.03. The van der Waals surface area contributed by atoms with Crippen molar-refractivity contribution in [3.05, 3.63) is 60.7 Å². The molecule has 0 aliphatic carbocycles. The van der Waals surface area contributed by atoms with E-state index in [9.17, 15) is 0 Å². The fourth-order valence-electron chi connectivity index (χ4n) is 3.01. The van der Waals surface area contributed by atoms with Crippen LogP contribution in [0, 0.1) is 0 Å². The molecule has 0 aliphatic heterocycles. The molecule has 0 saturated heterocycles. The summed E-state index contributed by atoms with van der Waals surface area (Å²) in [6, 6.07) is 21.9. The van der Waals surface area contributed by atoms with Gasteiger partial charge in [-0.15, -0.1) is 11.6 Å². The SMILES string of the molecule is CCCCCCl.S.c1cc2ccc3cccc4ccc(c1)c2c34. The Bertz CT molecular complexity index is 735. The second-order valence-corrected chi connectivity index (χ2v) is 6.06. The van der Waals surface area contributed by atoms with E-state index in [0.717, 1.165) is 5.88 Å². The molecule has 0 fully saturated rings. The molecular formula is C21H23ClS. The summed E-state index contributed by atoms with van der Waals surface area (Å²) in [6.45, 7) is 2.17. The van der Waals surface area contributed by atoms with Crippen LogP contribution in [0.15, 0.2) is 60.7 Å². The highest BCUT2D eigenvalue weighted by molar-refractivity contribution is 7.59. The molecule has 4 aromatic carbocycles. The highest BCUT2D eigenvalue weighted by atomic mass is 35.5. The van der Waals surface area contributed by atoms with Crippen molar-refractivity contribution in [3.8, 4) is 0 Å². The summed E-state index contributed by atoms with van der Waals surface area (Å²) in [7, 11) is 0. The predicted octanol–water partition coefficient (Wildman–Crippen LogP) is 7.11. The van der Waals surface area contributed by atoms with Crippen LogP contribution in [0.2, 0.25) is 0 Å². The zero-order valence-corrected chi connectivity index (χ0v) is 15.2. The number of benzene rings is 4. The maximum Gasteiger partial charge on any atom is 0.0223 e. The Morgan fingerprint density at radius 3 is 1.30 bits per heavy atom. The second-order valence-electron chi connectivity index (χ2n) is 5.69. The zero-order chi connectivity index (χ0) is 15.4. The van der Waals surface area contributed by atoms with Gasteiger partial charge in [0.25, 0.3) is 0 Å². The average molecular weight is 343 g/mol. The summed E-state index contributed by atoms with van der Waals surface area (Å²) in [5, 5.41) is 8.14. The lowest BCUT2D eigenvalue weighted by molar-refractivity contribution is 0.776. The van der Waals surface area contributed by atoms with Gasteiger partial charge in [-0.1, -0.05) is 80.4 Å². The summed E-state index contributed by atoms with van der Waals surface area (Å²) in [6.07, 6.45) is 3.73. The smallest absolute Gasteiger partial charge is 0.0223 e. The maximum atomic E-state index is 5.38. The van der Waals surface area contributed by atoms with E-state index in [1.54, 1.807) is 0 Å². The standard InChI is InChI=1S/C16H10.C5H11Cl.H2S/c1-3-11-7-9-13-5-2-6-14-10-8-12(4-1)15(11)16(13)14;1-2-3-4-5-6;/h1-10H;2-5H2,1H3;1H2. The highest BCUT2D eigenvalue weighted by Crippen LogP contribution is 2.33. The monoisotopic (exact) mass is 342 g/mol. The molecule has 0 N–H and O–H groups in total. The van der Waals surface area contributed by atoms with E-state index in [-0.39, 0.29) is 13.5 Å². The molecule has 0 unspecified atom stereocenters. The van der Waals surface area contributed by atoms with Crippen LogP contribution in [0.1, 0.15) is 26.2 Å². The molecule has 23 heavy (non-hydrogen) atoms. The molecule has 0 saturated carbocycles. The summed E-state index contributed by atoms with van der Waals surface area (Å²) in [5.74, 6) is 0.827.